The molecule has 0 radical (unpaired) electrons. The Labute approximate surface area is 399 Å². The van der Waals surface area contributed by atoms with Crippen LogP contribution in [0.1, 0.15) is 75.3 Å². The van der Waals surface area contributed by atoms with Crippen LogP contribution in [-0.4, -0.2) is 177 Å². The molecule has 2 aromatic carbocycles. The van der Waals surface area contributed by atoms with E-state index < -0.39 is 57.4 Å². The van der Waals surface area contributed by atoms with Gasteiger partial charge in [0.1, 0.15) is 11.2 Å². The van der Waals surface area contributed by atoms with Crippen LogP contribution in [0.15, 0.2) is 48.6 Å². The number of piperidine rings is 1. The van der Waals surface area contributed by atoms with Crippen molar-refractivity contribution >= 4 is 40.5 Å². The maximum Gasteiger partial charge on any atom is 0.344 e. The van der Waals surface area contributed by atoms with Gasteiger partial charge in [-0.25, -0.2) is 9.59 Å². The fourth-order valence-electron chi connectivity index (χ4n) is 15.0. The number of nitrogens with one attached hydrogen (secondary N) is 2. The van der Waals surface area contributed by atoms with Gasteiger partial charge in [0.05, 0.1) is 32.9 Å². The Bertz CT molecular complexity index is 2560. The molecule has 366 valence electrons. The maximum absolute atomic E-state index is 15.7. The number of benzene rings is 2. The summed E-state index contributed by atoms with van der Waals surface area (Å²) in [5.74, 6) is -1.57. The molecule has 68 heavy (non-hydrogen) atoms. The van der Waals surface area contributed by atoms with Crippen LogP contribution in [0.4, 0.5) is 10.5 Å². The number of aromatic amines is 1. The van der Waals surface area contributed by atoms with Crippen LogP contribution in [0.2, 0.25) is 0 Å². The molecule has 1 aliphatic carbocycles. The second-order valence-corrected chi connectivity index (χ2v) is 21.0. The van der Waals surface area contributed by atoms with Gasteiger partial charge in [0.25, 0.3) is 0 Å². The van der Waals surface area contributed by atoms with E-state index in [0.29, 0.717) is 95.7 Å². The van der Waals surface area contributed by atoms with Crippen LogP contribution in [0, 0.1) is 11.3 Å². The molecule has 3 N–H and O–H groups in total. The van der Waals surface area contributed by atoms with E-state index in [4.69, 9.17) is 18.9 Å². The predicted molar refractivity (Wildman–Crippen MR) is 256 cm³/mol. The van der Waals surface area contributed by atoms with E-state index in [-0.39, 0.29) is 18.0 Å². The number of para-hydroxylation sites is 1. The van der Waals surface area contributed by atoms with Gasteiger partial charge in [-0.2, -0.15) is 0 Å². The fraction of sp³-hybridized carbons (Fsp3) is 0.615. The van der Waals surface area contributed by atoms with E-state index in [1.54, 1.807) is 7.11 Å². The first-order chi connectivity index (χ1) is 32.6. The molecule has 16 nitrogen and oxygen atoms in total. The quantitative estimate of drug-likeness (QED) is 0.169. The number of carbonyl (C=O) groups is 4. The predicted octanol–water partition coefficient (Wildman–Crippen LogP) is 3.96. The molecule has 1 unspecified atom stereocenters. The Hall–Kier alpha value is -5.16. The standard InChI is InChI=1S/C52H69N7O9/c1-9-48(54-47(63)59-24-22-55(4)23-25-59)28-33-29-51(45(61)66-7,41-35(16-20-57(30-33)31-48)34-14-11-12-15-38(34)53-41)37-26-36-39(27-40(37)65-6)56(5)43-50(36)18-21-58-19-13-17-49(10-2,42(50)58)44(68-32(3)60)52(43,64)46(62)67-8/h11-15,17,26-27,33,42-44,53,64H,9-10,16,18-25,28-31H2,1-8H3,(H,54,63)/t33-,42-,43+,44+,48-,49+,50+,51-,52-/m0/s1. The molecular weight excluding hydrogens is 867 g/mol. The molecule has 1 spiro atoms. The van der Waals surface area contributed by atoms with E-state index in [2.05, 4.69) is 69.3 Å². The van der Waals surface area contributed by atoms with Crippen molar-refractivity contribution in [1.29, 1.82) is 0 Å². The number of piperazine rings is 1. The SMILES string of the molecule is CC[C@]1(NC(=O)N2CCN(C)CC2)C[C@@H]2CN(CCc3c([nH]c4ccccc34)[C@@](C(=O)OC)(c3cc4c(cc3OC)N(C)[C@H]3[C@@](O)(C(=O)OC)[C@H](OC(C)=O)[C@]5(CC)C=CCN6CC[C@]43[C@@H]65)C2)C1. The third-order valence-electron chi connectivity index (χ3n) is 17.8. The Morgan fingerprint density at radius 1 is 0.897 bits per heavy atom. The highest BCUT2D eigenvalue weighted by Crippen LogP contribution is 2.68. The summed E-state index contributed by atoms with van der Waals surface area (Å²) in [6, 6.07) is 11.0. The second-order valence-electron chi connectivity index (χ2n) is 21.0. The molecule has 3 saturated heterocycles. The lowest BCUT2D eigenvalue weighted by Crippen LogP contribution is -2.81. The summed E-state index contributed by atoms with van der Waals surface area (Å²) in [6.45, 7) is 11.8. The van der Waals surface area contributed by atoms with Crippen molar-refractivity contribution in [3.63, 3.8) is 0 Å². The van der Waals surface area contributed by atoms with Gasteiger partial charge < -0.3 is 54.0 Å². The van der Waals surface area contributed by atoms with E-state index >= 15 is 4.79 Å². The summed E-state index contributed by atoms with van der Waals surface area (Å²) in [7, 11) is 8.28. The Balaban J connectivity index is 1.20. The number of esters is 3. The highest BCUT2D eigenvalue weighted by Gasteiger charge is 2.80. The third kappa shape index (κ3) is 6.45. The monoisotopic (exact) mass is 936 g/mol. The van der Waals surface area contributed by atoms with E-state index in [9.17, 15) is 19.5 Å². The number of nitrogens with zero attached hydrogens (tertiary/aromatic N) is 5. The van der Waals surface area contributed by atoms with Gasteiger partial charge in [0.2, 0.25) is 5.60 Å². The van der Waals surface area contributed by atoms with Crippen LogP contribution in [0.5, 0.6) is 5.75 Å². The molecule has 3 aromatic rings. The molecule has 4 fully saturated rings. The van der Waals surface area contributed by atoms with E-state index in [1.165, 1.54) is 21.1 Å². The lowest BCUT2D eigenvalue weighted by atomic mass is 9.47. The number of rotatable bonds is 8. The minimum atomic E-state index is -2.32. The highest BCUT2D eigenvalue weighted by molar-refractivity contribution is 5.95. The van der Waals surface area contributed by atoms with Crippen LogP contribution in [0.3, 0.4) is 0 Å². The van der Waals surface area contributed by atoms with Crippen molar-refractivity contribution in [3.05, 3.63) is 70.9 Å². The number of carbonyl (C=O) groups excluding carboxylic acids is 4. The van der Waals surface area contributed by atoms with Gasteiger partial charge in [-0.05, 0) is 81.3 Å². The van der Waals surface area contributed by atoms with E-state index in [1.807, 2.05) is 42.0 Å². The average Bonchev–Trinajstić information content (AvgIpc) is 4.00. The number of amides is 2. The lowest BCUT2D eigenvalue weighted by molar-refractivity contribution is -0.228. The zero-order valence-electron chi connectivity index (χ0n) is 41.0. The van der Waals surface area contributed by atoms with Crippen molar-refractivity contribution in [2.45, 2.75) is 99.5 Å². The topological polar surface area (TPSA) is 169 Å². The largest absolute Gasteiger partial charge is 0.496 e. The smallest absolute Gasteiger partial charge is 0.344 e. The number of methoxy groups -OCH3 is 3. The number of ether oxygens (including phenoxy) is 4. The first kappa shape index (κ1) is 46.6. The minimum Gasteiger partial charge on any atom is -0.496 e. The number of hydrogen-bond donors (Lipinski definition) is 3. The summed E-state index contributed by atoms with van der Waals surface area (Å²) >= 11 is 0. The van der Waals surface area contributed by atoms with Gasteiger partial charge in [-0.1, -0.05) is 44.2 Å². The molecule has 10 atom stereocenters. The number of anilines is 1. The van der Waals surface area contributed by atoms with Crippen LogP contribution < -0.4 is 15.0 Å². The average molecular weight is 936 g/mol. The minimum absolute atomic E-state index is 0.0502. The van der Waals surface area contributed by atoms with Gasteiger partial charge in [0, 0.05) is 117 Å². The molecule has 1 saturated carbocycles. The summed E-state index contributed by atoms with van der Waals surface area (Å²) < 4.78 is 24.3. The lowest BCUT2D eigenvalue weighted by Gasteiger charge is -2.63. The van der Waals surface area contributed by atoms with Gasteiger partial charge in [-0.3, -0.25) is 14.5 Å². The number of likely N-dealkylation sites (N-methyl/N-ethyl adjacent to an activating group) is 2. The Morgan fingerprint density at radius 3 is 2.34 bits per heavy atom. The van der Waals surface area contributed by atoms with Crippen molar-refractivity contribution in [3.8, 4) is 5.75 Å². The molecule has 7 aliphatic rings. The maximum atomic E-state index is 15.7. The van der Waals surface area contributed by atoms with Gasteiger partial charge in [-0.15, -0.1) is 0 Å². The van der Waals surface area contributed by atoms with Crippen molar-refractivity contribution < 1.29 is 43.2 Å². The highest BCUT2D eigenvalue weighted by atomic mass is 16.6. The van der Waals surface area contributed by atoms with Crippen molar-refractivity contribution in [2.75, 3.05) is 99.2 Å². The number of aromatic nitrogens is 1. The molecular formula is C52H69N7O9. The van der Waals surface area contributed by atoms with Crippen LogP contribution in [-0.2, 0) is 45.8 Å². The van der Waals surface area contributed by atoms with Crippen LogP contribution in [0.25, 0.3) is 10.9 Å². The summed E-state index contributed by atoms with van der Waals surface area (Å²) in [5.41, 5.74) is -1.36. The zero-order valence-corrected chi connectivity index (χ0v) is 41.0. The molecule has 2 amide bonds. The zero-order chi connectivity index (χ0) is 48.1. The van der Waals surface area contributed by atoms with E-state index in [0.717, 1.165) is 46.5 Å². The fourth-order valence-corrected chi connectivity index (χ4v) is 15.0. The number of fused-ring (bicyclic) bond motifs is 6. The van der Waals surface area contributed by atoms with Crippen LogP contribution >= 0.6 is 0 Å². The number of aliphatic hydroxyl groups is 1. The summed E-state index contributed by atoms with van der Waals surface area (Å²) in [6.07, 6.45) is 6.17. The molecule has 7 heterocycles. The molecule has 16 heteroatoms. The van der Waals surface area contributed by atoms with Crippen molar-refractivity contribution in [1.82, 2.24) is 29.9 Å². The molecule has 1 aromatic heterocycles. The first-order valence-corrected chi connectivity index (χ1v) is 24.6. The van der Waals surface area contributed by atoms with Crippen molar-refractivity contribution in [2.24, 2.45) is 11.3 Å². The summed E-state index contributed by atoms with van der Waals surface area (Å²) in [4.78, 5) is 72.4. The Morgan fingerprint density at radius 2 is 1.65 bits per heavy atom. The number of H-pyrrole nitrogens is 1. The molecule has 10 rings (SSSR count). The second kappa shape index (κ2) is 16.8. The first-order valence-electron chi connectivity index (χ1n) is 24.6. The molecule has 2 bridgehead atoms. The van der Waals surface area contributed by atoms with Gasteiger partial charge in [0.15, 0.2) is 6.10 Å². The normalized spacial score (nSPS) is 35.2. The number of hydrogen-bond acceptors (Lipinski definition) is 13. The summed E-state index contributed by atoms with van der Waals surface area (Å²) in [5, 5.41) is 18.1. The van der Waals surface area contributed by atoms with Gasteiger partial charge >= 0.3 is 23.9 Å². The Kier molecular flexibility index (Phi) is 11.5. The molecule has 6 aliphatic heterocycles. The third-order valence-corrected chi connectivity index (χ3v) is 17.8. The number of urea groups is 1.